The van der Waals surface area contributed by atoms with Crippen molar-refractivity contribution in [1.82, 2.24) is 14.5 Å². The third-order valence-electron chi connectivity index (χ3n) is 2.90. The minimum atomic E-state index is -3.67. The Labute approximate surface area is 117 Å². The number of hydrogen-bond acceptors (Lipinski definition) is 5. The third kappa shape index (κ3) is 3.09. The molecule has 0 saturated heterocycles. The molecule has 1 atom stereocenters. The van der Waals surface area contributed by atoms with Gasteiger partial charge in [0, 0.05) is 25.4 Å². The van der Waals surface area contributed by atoms with E-state index in [0.29, 0.717) is 17.1 Å². The van der Waals surface area contributed by atoms with Crippen LogP contribution in [0.5, 0.6) is 0 Å². The van der Waals surface area contributed by atoms with Crippen LogP contribution in [0.15, 0.2) is 27.8 Å². The van der Waals surface area contributed by atoms with Crippen LogP contribution in [0.4, 0.5) is 0 Å². The number of rotatable bonds is 5. The zero-order valence-corrected chi connectivity index (χ0v) is 12.3. The Morgan fingerprint density at radius 3 is 2.70 bits per heavy atom. The highest BCUT2D eigenvalue weighted by atomic mass is 32.2. The SMILES string of the molecule is Cc1cc(C(O)CNS(=O)(=O)c2cnn(C)c2)c(C)o1. The van der Waals surface area contributed by atoms with Crippen molar-refractivity contribution in [2.45, 2.75) is 24.8 Å². The van der Waals surface area contributed by atoms with Gasteiger partial charge in [0.2, 0.25) is 10.0 Å². The number of furan rings is 1. The molecule has 0 bridgehead atoms. The maximum Gasteiger partial charge on any atom is 0.243 e. The number of aliphatic hydroxyl groups is 1. The molecule has 2 N–H and O–H groups in total. The van der Waals surface area contributed by atoms with Gasteiger partial charge in [0.15, 0.2) is 0 Å². The molecule has 2 rings (SSSR count). The highest BCUT2D eigenvalue weighted by Crippen LogP contribution is 2.21. The van der Waals surface area contributed by atoms with Gasteiger partial charge < -0.3 is 9.52 Å². The number of hydrogen-bond donors (Lipinski definition) is 2. The first kappa shape index (κ1) is 14.8. The molecule has 2 heterocycles. The van der Waals surface area contributed by atoms with Gasteiger partial charge in [-0.2, -0.15) is 5.10 Å². The van der Waals surface area contributed by atoms with E-state index >= 15 is 0 Å². The van der Waals surface area contributed by atoms with Gasteiger partial charge in [-0.3, -0.25) is 4.68 Å². The van der Waals surface area contributed by atoms with E-state index in [1.165, 1.54) is 17.1 Å². The largest absolute Gasteiger partial charge is 0.466 e. The monoisotopic (exact) mass is 299 g/mol. The molecule has 0 amide bonds. The van der Waals surface area contributed by atoms with E-state index in [1.54, 1.807) is 27.0 Å². The van der Waals surface area contributed by atoms with Crippen LogP contribution in [-0.4, -0.2) is 29.8 Å². The Hall–Kier alpha value is -1.64. The average molecular weight is 299 g/mol. The van der Waals surface area contributed by atoms with E-state index in [2.05, 4.69) is 9.82 Å². The van der Waals surface area contributed by atoms with E-state index in [1.807, 2.05) is 0 Å². The van der Waals surface area contributed by atoms with E-state index in [-0.39, 0.29) is 11.4 Å². The normalized spacial score (nSPS) is 13.6. The molecule has 20 heavy (non-hydrogen) atoms. The van der Waals surface area contributed by atoms with Crippen LogP contribution in [0.3, 0.4) is 0 Å². The Kier molecular flexibility index (Phi) is 3.98. The van der Waals surface area contributed by atoms with Crippen molar-refractivity contribution in [2.24, 2.45) is 7.05 Å². The number of sulfonamides is 1. The number of aromatic nitrogens is 2. The average Bonchev–Trinajstić information content (AvgIpc) is 2.93. The number of aryl methyl sites for hydroxylation is 3. The highest BCUT2D eigenvalue weighted by Gasteiger charge is 2.20. The maximum absolute atomic E-state index is 12.0. The van der Waals surface area contributed by atoms with Crippen molar-refractivity contribution in [3.8, 4) is 0 Å². The highest BCUT2D eigenvalue weighted by molar-refractivity contribution is 7.89. The van der Waals surface area contributed by atoms with Crippen LogP contribution in [0, 0.1) is 13.8 Å². The minimum Gasteiger partial charge on any atom is -0.466 e. The van der Waals surface area contributed by atoms with Crippen LogP contribution in [0.25, 0.3) is 0 Å². The molecule has 0 aliphatic rings. The molecule has 7 nitrogen and oxygen atoms in total. The molecular weight excluding hydrogens is 282 g/mol. The molecule has 0 radical (unpaired) electrons. The van der Waals surface area contributed by atoms with Crippen molar-refractivity contribution >= 4 is 10.0 Å². The van der Waals surface area contributed by atoms with Gasteiger partial charge in [0.05, 0.1) is 12.3 Å². The lowest BCUT2D eigenvalue weighted by molar-refractivity contribution is 0.180. The second kappa shape index (κ2) is 5.39. The Morgan fingerprint density at radius 2 is 2.20 bits per heavy atom. The number of nitrogens with zero attached hydrogens (tertiary/aromatic N) is 2. The summed E-state index contributed by atoms with van der Waals surface area (Å²) in [4.78, 5) is 0.0623. The lowest BCUT2D eigenvalue weighted by Gasteiger charge is -2.10. The predicted molar refractivity (Wildman–Crippen MR) is 71.5 cm³/mol. The van der Waals surface area contributed by atoms with Crippen LogP contribution in [0.1, 0.15) is 23.2 Å². The topological polar surface area (TPSA) is 97.4 Å². The molecule has 0 fully saturated rings. The number of aliphatic hydroxyl groups excluding tert-OH is 1. The van der Waals surface area contributed by atoms with Gasteiger partial charge in [-0.25, -0.2) is 13.1 Å². The molecule has 110 valence electrons. The summed E-state index contributed by atoms with van der Waals surface area (Å²) in [5, 5.41) is 13.8. The molecule has 2 aromatic heterocycles. The van der Waals surface area contributed by atoms with E-state index in [9.17, 15) is 13.5 Å². The first-order chi connectivity index (χ1) is 9.29. The molecule has 1 unspecified atom stereocenters. The fourth-order valence-corrected chi connectivity index (χ4v) is 2.92. The predicted octanol–water partition coefficient (Wildman–Crippen LogP) is 0.642. The van der Waals surface area contributed by atoms with E-state index < -0.39 is 16.1 Å². The first-order valence-electron chi connectivity index (χ1n) is 6.03. The summed E-state index contributed by atoms with van der Waals surface area (Å²) in [6, 6.07) is 1.69. The zero-order chi connectivity index (χ0) is 14.9. The summed E-state index contributed by atoms with van der Waals surface area (Å²) in [5.41, 5.74) is 0.580. The summed E-state index contributed by atoms with van der Waals surface area (Å²) in [6.07, 6.45) is 1.68. The van der Waals surface area contributed by atoms with Crippen molar-refractivity contribution in [3.05, 3.63) is 35.5 Å². The molecule has 0 aromatic carbocycles. The fraction of sp³-hybridized carbons (Fsp3) is 0.417. The van der Waals surface area contributed by atoms with Crippen LogP contribution in [-0.2, 0) is 17.1 Å². The summed E-state index contributed by atoms with van der Waals surface area (Å²) >= 11 is 0. The Morgan fingerprint density at radius 1 is 1.50 bits per heavy atom. The van der Waals surface area contributed by atoms with Crippen LogP contribution in [0.2, 0.25) is 0 Å². The summed E-state index contributed by atoms with van der Waals surface area (Å²) < 4.78 is 33.0. The second-order valence-electron chi connectivity index (χ2n) is 4.59. The standard InChI is InChI=1S/C12H17N3O4S/c1-8-4-11(9(2)19-8)12(16)6-14-20(17,18)10-5-13-15(3)7-10/h4-5,7,12,14,16H,6H2,1-3H3. The lowest BCUT2D eigenvalue weighted by atomic mass is 10.1. The number of nitrogens with one attached hydrogen (secondary N) is 1. The fourth-order valence-electron chi connectivity index (χ4n) is 1.90. The zero-order valence-electron chi connectivity index (χ0n) is 11.5. The van der Waals surface area contributed by atoms with Gasteiger partial charge in [0.25, 0.3) is 0 Å². The van der Waals surface area contributed by atoms with E-state index in [0.717, 1.165) is 0 Å². The second-order valence-corrected chi connectivity index (χ2v) is 6.35. The summed E-state index contributed by atoms with van der Waals surface area (Å²) in [6.45, 7) is 3.36. The minimum absolute atomic E-state index is 0.0623. The Balaban J connectivity index is 2.07. The van der Waals surface area contributed by atoms with Gasteiger partial charge >= 0.3 is 0 Å². The van der Waals surface area contributed by atoms with Crippen LogP contribution < -0.4 is 4.72 Å². The van der Waals surface area contributed by atoms with Crippen molar-refractivity contribution in [1.29, 1.82) is 0 Å². The summed E-state index contributed by atoms with van der Waals surface area (Å²) in [7, 11) is -2.04. The molecule has 0 saturated carbocycles. The van der Waals surface area contributed by atoms with Crippen molar-refractivity contribution in [3.63, 3.8) is 0 Å². The molecule has 0 aliphatic heterocycles. The molecular formula is C12H17N3O4S. The molecule has 0 spiro atoms. The Bertz CT molecular complexity index is 702. The van der Waals surface area contributed by atoms with Crippen molar-refractivity contribution in [2.75, 3.05) is 6.54 Å². The third-order valence-corrected chi connectivity index (χ3v) is 4.27. The lowest BCUT2D eigenvalue weighted by Crippen LogP contribution is -2.28. The van der Waals surface area contributed by atoms with Crippen LogP contribution >= 0.6 is 0 Å². The van der Waals surface area contributed by atoms with Gasteiger partial charge in [-0.1, -0.05) is 0 Å². The quantitative estimate of drug-likeness (QED) is 0.844. The summed E-state index contributed by atoms with van der Waals surface area (Å²) in [5.74, 6) is 1.25. The van der Waals surface area contributed by atoms with Gasteiger partial charge in [-0.15, -0.1) is 0 Å². The van der Waals surface area contributed by atoms with Gasteiger partial charge in [0.1, 0.15) is 16.4 Å². The molecule has 2 aromatic rings. The van der Waals surface area contributed by atoms with Crippen molar-refractivity contribution < 1.29 is 17.9 Å². The van der Waals surface area contributed by atoms with E-state index in [4.69, 9.17) is 4.42 Å². The first-order valence-corrected chi connectivity index (χ1v) is 7.51. The molecule has 0 aliphatic carbocycles. The molecule has 8 heteroatoms. The maximum atomic E-state index is 12.0. The smallest absolute Gasteiger partial charge is 0.243 e. The van der Waals surface area contributed by atoms with Gasteiger partial charge in [-0.05, 0) is 19.9 Å².